The lowest BCUT2D eigenvalue weighted by atomic mass is 10.1. The number of nitrogens with zero attached hydrogens (tertiary/aromatic N) is 2. The number of methoxy groups -OCH3 is 1. The van der Waals surface area contributed by atoms with Gasteiger partial charge >= 0.3 is 0 Å². The summed E-state index contributed by atoms with van der Waals surface area (Å²) in [6.45, 7) is 1.07. The first-order valence-corrected chi connectivity index (χ1v) is 11.8. The zero-order valence-corrected chi connectivity index (χ0v) is 20.4. The van der Waals surface area contributed by atoms with Gasteiger partial charge in [-0.1, -0.05) is 37.3 Å². The van der Waals surface area contributed by atoms with Crippen LogP contribution in [0.25, 0.3) is 0 Å². The summed E-state index contributed by atoms with van der Waals surface area (Å²) in [6, 6.07) is 18.1. The van der Waals surface area contributed by atoms with E-state index < -0.39 is 41.9 Å². The average molecular weight is 504 g/mol. The summed E-state index contributed by atoms with van der Waals surface area (Å²) in [5.74, 6) is -2.50. The Morgan fingerprint density at radius 2 is 1.68 bits per heavy atom. The first kappa shape index (κ1) is 25.6. The van der Waals surface area contributed by atoms with Crippen LogP contribution in [0.15, 0.2) is 72.8 Å². The van der Waals surface area contributed by atoms with Crippen LogP contribution in [0, 0.1) is 5.82 Å². The lowest BCUT2D eigenvalue weighted by Crippen LogP contribution is -2.50. The van der Waals surface area contributed by atoms with E-state index in [0.717, 1.165) is 4.90 Å². The second kappa shape index (κ2) is 11.0. The van der Waals surface area contributed by atoms with E-state index in [1.54, 1.807) is 55.5 Å². The normalized spacial score (nSPS) is 13.2. The molecule has 37 heavy (non-hydrogen) atoms. The molecule has 4 rings (SSSR count). The number of amides is 3. The van der Waals surface area contributed by atoms with Gasteiger partial charge in [-0.2, -0.15) is 0 Å². The molecule has 3 amide bonds. The molecule has 1 atom stereocenters. The average Bonchev–Trinajstić information content (AvgIpc) is 3.15. The van der Waals surface area contributed by atoms with Crippen LogP contribution in [0.3, 0.4) is 0 Å². The van der Waals surface area contributed by atoms with Gasteiger partial charge in [0.05, 0.1) is 18.4 Å². The summed E-state index contributed by atoms with van der Waals surface area (Å²) < 4.78 is 19.7. The van der Waals surface area contributed by atoms with Crippen molar-refractivity contribution in [1.82, 2.24) is 4.90 Å². The Balaban J connectivity index is 1.62. The van der Waals surface area contributed by atoms with Crippen molar-refractivity contribution in [3.8, 4) is 5.75 Å². The van der Waals surface area contributed by atoms with Gasteiger partial charge in [0.2, 0.25) is 11.8 Å². The number of fused-ring (bicyclic) bond motifs is 1. The third kappa shape index (κ3) is 5.35. The number of anilines is 2. The van der Waals surface area contributed by atoms with Crippen LogP contribution in [0.5, 0.6) is 5.75 Å². The van der Waals surface area contributed by atoms with E-state index in [4.69, 9.17) is 4.74 Å². The van der Waals surface area contributed by atoms with Gasteiger partial charge in [-0.25, -0.2) is 4.39 Å². The highest BCUT2D eigenvalue weighted by molar-refractivity contribution is 6.52. The number of benzene rings is 3. The van der Waals surface area contributed by atoms with Crippen molar-refractivity contribution in [2.75, 3.05) is 23.9 Å². The Morgan fingerprint density at radius 3 is 2.35 bits per heavy atom. The van der Waals surface area contributed by atoms with Crippen LogP contribution in [-0.4, -0.2) is 48.1 Å². The quantitative estimate of drug-likeness (QED) is 0.448. The van der Waals surface area contributed by atoms with Gasteiger partial charge < -0.3 is 15.0 Å². The van der Waals surface area contributed by atoms with Crippen LogP contribution >= 0.6 is 0 Å². The number of hydrogen-bond acceptors (Lipinski definition) is 5. The molecule has 3 aromatic carbocycles. The molecule has 8 nitrogen and oxygen atoms in total. The second-order valence-corrected chi connectivity index (χ2v) is 8.49. The minimum atomic E-state index is -0.974. The molecule has 1 aliphatic rings. The Labute approximate surface area is 213 Å². The first-order chi connectivity index (χ1) is 17.8. The molecule has 0 aliphatic carbocycles. The van der Waals surface area contributed by atoms with Crippen molar-refractivity contribution in [3.05, 3.63) is 89.7 Å². The number of rotatable bonds is 9. The van der Waals surface area contributed by atoms with Crippen LogP contribution in [0.2, 0.25) is 0 Å². The van der Waals surface area contributed by atoms with Crippen molar-refractivity contribution >= 4 is 34.9 Å². The lowest BCUT2D eigenvalue weighted by Gasteiger charge is -2.32. The van der Waals surface area contributed by atoms with Gasteiger partial charge in [-0.3, -0.25) is 24.1 Å². The minimum Gasteiger partial charge on any atom is -0.497 e. The summed E-state index contributed by atoms with van der Waals surface area (Å²) >= 11 is 0. The topological polar surface area (TPSA) is 96.0 Å². The SMILES string of the molecule is CC[C@H](C(=O)Nc1ccc(OC)cc1)N(Cc1ccccc1F)C(=O)CN1C(=O)C(=O)c2ccccc21. The highest BCUT2D eigenvalue weighted by Crippen LogP contribution is 2.29. The molecule has 190 valence electrons. The lowest BCUT2D eigenvalue weighted by molar-refractivity contribution is -0.138. The fourth-order valence-corrected chi connectivity index (χ4v) is 4.26. The summed E-state index contributed by atoms with van der Waals surface area (Å²) in [5.41, 5.74) is 1.25. The molecule has 0 saturated heterocycles. The molecule has 0 unspecified atom stereocenters. The van der Waals surface area contributed by atoms with Gasteiger partial charge in [0.15, 0.2) is 0 Å². The molecule has 0 spiro atoms. The Hall–Kier alpha value is -4.53. The third-order valence-corrected chi connectivity index (χ3v) is 6.21. The van der Waals surface area contributed by atoms with Crippen LogP contribution in [-0.2, 0) is 20.9 Å². The highest BCUT2D eigenvalue weighted by atomic mass is 19.1. The van der Waals surface area contributed by atoms with Crippen molar-refractivity contribution < 1.29 is 28.3 Å². The number of ether oxygens (including phenoxy) is 1. The van der Waals surface area contributed by atoms with Gasteiger partial charge in [0, 0.05) is 17.8 Å². The molecule has 1 N–H and O–H groups in total. The van der Waals surface area contributed by atoms with Crippen molar-refractivity contribution in [2.24, 2.45) is 0 Å². The van der Waals surface area contributed by atoms with Gasteiger partial charge in [0.25, 0.3) is 11.7 Å². The van der Waals surface area contributed by atoms with Crippen LogP contribution < -0.4 is 15.0 Å². The molecule has 0 saturated carbocycles. The molecular formula is C28H26FN3O5. The van der Waals surface area contributed by atoms with Crippen LogP contribution in [0.4, 0.5) is 15.8 Å². The smallest absolute Gasteiger partial charge is 0.299 e. The number of Topliss-reactive ketones (excluding diaryl/α,β-unsaturated/α-hetero) is 1. The van der Waals surface area contributed by atoms with E-state index in [9.17, 15) is 23.6 Å². The highest BCUT2D eigenvalue weighted by Gasteiger charge is 2.38. The molecule has 1 heterocycles. The molecular weight excluding hydrogens is 477 g/mol. The molecule has 1 aliphatic heterocycles. The predicted molar refractivity (Wildman–Crippen MR) is 136 cm³/mol. The van der Waals surface area contributed by atoms with E-state index >= 15 is 0 Å². The second-order valence-electron chi connectivity index (χ2n) is 8.49. The predicted octanol–water partition coefficient (Wildman–Crippen LogP) is 3.81. The van der Waals surface area contributed by atoms with Crippen molar-refractivity contribution in [3.63, 3.8) is 0 Å². The fraction of sp³-hybridized carbons (Fsp3) is 0.214. The van der Waals surface area contributed by atoms with Crippen LogP contribution in [0.1, 0.15) is 29.3 Å². The summed E-state index contributed by atoms with van der Waals surface area (Å²) in [6.07, 6.45) is 0.228. The first-order valence-electron chi connectivity index (χ1n) is 11.8. The molecule has 3 aromatic rings. The molecule has 0 bridgehead atoms. The van der Waals surface area contributed by atoms with Gasteiger partial charge in [-0.15, -0.1) is 0 Å². The number of nitrogens with one attached hydrogen (secondary N) is 1. The third-order valence-electron chi connectivity index (χ3n) is 6.21. The largest absolute Gasteiger partial charge is 0.497 e. The summed E-state index contributed by atoms with van der Waals surface area (Å²) in [5, 5.41) is 2.79. The van der Waals surface area contributed by atoms with E-state index in [1.807, 2.05) is 0 Å². The number of para-hydroxylation sites is 1. The van der Waals surface area contributed by atoms with Gasteiger partial charge in [0.1, 0.15) is 24.2 Å². The maximum Gasteiger partial charge on any atom is 0.299 e. The number of hydrogen-bond donors (Lipinski definition) is 1. The number of ketones is 1. The zero-order chi connectivity index (χ0) is 26.5. The van der Waals surface area contributed by atoms with E-state index in [0.29, 0.717) is 17.1 Å². The number of carbonyl (C=O) groups is 4. The maximum atomic E-state index is 14.6. The molecule has 0 radical (unpaired) electrons. The van der Waals surface area contributed by atoms with Gasteiger partial charge in [-0.05, 0) is 48.9 Å². The van der Waals surface area contributed by atoms with E-state index in [2.05, 4.69) is 5.32 Å². The summed E-state index contributed by atoms with van der Waals surface area (Å²) in [4.78, 5) is 54.3. The van der Waals surface area contributed by atoms with Crippen molar-refractivity contribution in [2.45, 2.75) is 25.9 Å². The molecule has 9 heteroatoms. The Kier molecular flexibility index (Phi) is 7.62. The zero-order valence-electron chi connectivity index (χ0n) is 20.4. The monoisotopic (exact) mass is 503 g/mol. The fourth-order valence-electron chi connectivity index (χ4n) is 4.26. The van der Waals surface area contributed by atoms with E-state index in [1.165, 1.54) is 36.3 Å². The Bertz CT molecular complexity index is 1340. The van der Waals surface area contributed by atoms with E-state index in [-0.39, 0.29) is 24.1 Å². The minimum absolute atomic E-state index is 0.197. The summed E-state index contributed by atoms with van der Waals surface area (Å²) in [7, 11) is 1.53. The molecule has 0 fully saturated rings. The maximum absolute atomic E-state index is 14.6. The Morgan fingerprint density at radius 1 is 1.00 bits per heavy atom. The standard InChI is InChI=1S/C28H26FN3O5/c1-3-23(27(35)30-19-12-14-20(37-2)15-13-19)31(16-18-8-4-6-10-22(18)29)25(33)17-32-24-11-7-5-9-21(24)26(34)28(32)36/h4-15,23H,3,16-17H2,1-2H3,(H,30,35)/t23-/m1/s1. The molecule has 0 aromatic heterocycles. The number of halogens is 1. The van der Waals surface area contributed by atoms with Crippen molar-refractivity contribution in [1.29, 1.82) is 0 Å². The number of carbonyl (C=O) groups excluding carboxylic acids is 4.